The van der Waals surface area contributed by atoms with Crippen molar-refractivity contribution in [1.29, 1.82) is 0 Å². The van der Waals surface area contributed by atoms with Gasteiger partial charge in [0.05, 0.1) is 13.0 Å². The third-order valence-electron chi connectivity index (χ3n) is 2.91. The number of hydrogen-bond donors (Lipinski definition) is 0. The Morgan fingerprint density at radius 3 is 3.12 bits per heavy atom. The molecule has 0 N–H and O–H groups in total. The second-order valence-corrected chi connectivity index (χ2v) is 5.20. The van der Waals surface area contributed by atoms with Crippen LogP contribution in [0.25, 0.3) is 0 Å². The van der Waals surface area contributed by atoms with Crippen LogP contribution in [-0.4, -0.2) is 28.8 Å². The average Bonchev–Trinajstić information content (AvgIpc) is 2.83. The molecule has 0 aliphatic heterocycles. The Balaban J connectivity index is 2.00. The van der Waals surface area contributed by atoms with Crippen LogP contribution in [0.2, 0.25) is 0 Å². The minimum atomic E-state index is -0.164. The summed E-state index contributed by atoms with van der Waals surface area (Å²) in [5.74, 6) is 0.441. The smallest absolute Gasteiger partial charge is 0.309 e. The molecular formula is C12H16N2O2S. The molecule has 0 saturated heterocycles. The van der Waals surface area contributed by atoms with Gasteiger partial charge in [0.15, 0.2) is 0 Å². The van der Waals surface area contributed by atoms with Crippen molar-refractivity contribution in [3.63, 3.8) is 0 Å². The molecule has 5 heteroatoms. The van der Waals surface area contributed by atoms with Crippen molar-refractivity contribution >= 4 is 17.7 Å². The van der Waals surface area contributed by atoms with Gasteiger partial charge in [-0.25, -0.2) is 9.97 Å². The summed E-state index contributed by atoms with van der Waals surface area (Å²) < 4.78 is 4.71. The minimum Gasteiger partial charge on any atom is -0.469 e. The number of thioether (sulfide) groups is 1. The highest BCUT2D eigenvalue weighted by Crippen LogP contribution is 2.29. The van der Waals surface area contributed by atoms with Crippen LogP contribution in [0.15, 0.2) is 11.4 Å². The molecule has 1 aromatic heterocycles. The first-order valence-corrected chi connectivity index (χ1v) is 6.74. The van der Waals surface area contributed by atoms with Crippen LogP contribution in [0.1, 0.15) is 24.6 Å². The summed E-state index contributed by atoms with van der Waals surface area (Å²) in [6, 6.07) is 0. The number of esters is 1. The molecule has 1 aromatic rings. The number of carbonyl (C=O) groups excluding carboxylic acids is 1. The molecule has 92 valence electrons. The quantitative estimate of drug-likeness (QED) is 0.465. The molecular weight excluding hydrogens is 236 g/mol. The second kappa shape index (κ2) is 5.49. The van der Waals surface area contributed by atoms with Gasteiger partial charge in [-0.2, -0.15) is 0 Å². The maximum absolute atomic E-state index is 11.3. The largest absolute Gasteiger partial charge is 0.469 e. The number of nitrogens with zero attached hydrogens (tertiary/aromatic N) is 2. The summed E-state index contributed by atoms with van der Waals surface area (Å²) >= 11 is 1.63. The summed E-state index contributed by atoms with van der Waals surface area (Å²) in [5.41, 5.74) is 2.45. The fourth-order valence-corrected chi connectivity index (χ4v) is 2.99. The van der Waals surface area contributed by atoms with Crippen molar-refractivity contribution in [2.75, 3.05) is 12.9 Å². The van der Waals surface area contributed by atoms with E-state index in [1.165, 1.54) is 18.4 Å². The Hall–Kier alpha value is -1.10. The molecule has 1 heterocycles. The molecule has 0 spiro atoms. The molecule has 1 unspecified atom stereocenters. The monoisotopic (exact) mass is 252 g/mol. The van der Waals surface area contributed by atoms with Crippen LogP contribution < -0.4 is 0 Å². The molecule has 0 bridgehead atoms. The molecule has 1 atom stereocenters. The van der Waals surface area contributed by atoms with E-state index in [0.717, 1.165) is 24.3 Å². The standard InChI is InChI=1S/C12H16N2O2S/c1-8(12(15)16-2)6-17-11-9-4-3-5-10(9)13-7-14-11/h7-8H,3-6H2,1-2H3. The predicted molar refractivity (Wildman–Crippen MR) is 66.0 cm³/mol. The van der Waals surface area contributed by atoms with E-state index in [4.69, 9.17) is 4.74 Å². The van der Waals surface area contributed by atoms with Crippen LogP contribution in [0.5, 0.6) is 0 Å². The zero-order valence-electron chi connectivity index (χ0n) is 10.1. The fraction of sp³-hybridized carbons (Fsp3) is 0.583. The van der Waals surface area contributed by atoms with Crippen molar-refractivity contribution in [3.05, 3.63) is 17.6 Å². The number of rotatable bonds is 4. The average molecular weight is 252 g/mol. The SMILES string of the molecule is COC(=O)C(C)CSc1ncnc2c1CCC2. The lowest BCUT2D eigenvalue weighted by atomic mass is 10.2. The minimum absolute atomic E-state index is 0.1000. The highest BCUT2D eigenvalue weighted by Gasteiger charge is 2.19. The highest BCUT2D eigenvalue weighted by molar-refractivity contribution is 7.99. The Labute approximate surface area is 105 Å². The topological polar surface area (TPSA) is 52.1 Å². The van der Waals surface area contributed by atoms with Gasteiger partial charge in [0.25, 0.3) is 0 Å². The van der Waals surface area contributed by atoms with E-state index in [-0.39, 0.29) is 11.9 Å². The van der Waals surface area contributed by atoms with Gasteiger partial charge in [0.2, 0.25) is 0 Å². The van der Waals surface area contributed by atoms with E-state index < -0.39 is 0 Å². The first-order valence-electron chi connectivity index (χ1n) is 5.75. The first-order chi connectivity index (χ1) is 8.22. The highest BCUT2D eigenvalue weighted by atomic mass is 32.2. The van der Waals surface area contributed by atoms with E-state index in [1.807, 2.05) is 6.92 Å². The van der Waals surface area contributed by atoms with Crippen molar-refractivity contribution in [2.45, 2.75) is 31.2 Å². The van der Waals surface area contributed by atoms with Crippen LogP contribution in [0, 0.1) is 5.92 Å². The molecule has 0 saturated carbocycles. The number of aryl methyl sites for hydroxylation is 1. The third kappa shape index (κ3) is 2.77. The summed E-state index contributed by atoms with van der Waals surface area (Å²) in [4.78, 5) is 19.9. The lowest BCUT2D eigenvalue weighted by molar-refractivity contribution is -0.143. The fourth-order valence-electron chi connectivity index (χ4n) is 1.93. The third-order valence-corrected chi connectivity index (χ3v) is 4.20. The van der Waals surface area contributed by atoms with Crippen LogP contribution in [0.4, 0.5) is 0 Å². The lowest BCUT2D eigenvalue weighted by Gasteiger charge is -2.09. The number of carbonyl (C=O) groups is 1. The normalized spacial score (nSPS) is 15.4. The number of methoxy groups -OCH3 is 1. The zero-order chi connectivity index (χ0) is 12.3. The number of hydrogen-bond acceptors (Lipinski definition) is 5. The van der Waals surface area contributed by atoms with Crippen molar-refractivity contribution in [1.82, 2.24) is 9.97 Å². The van der Waals surface area contributed by atoms with Gasteiger partial charge in [-0.05, 0) is 19.3 Å². The molecule has 2 rings (SSSR count). The summed E-state index contributed by atoms with van der Waals surface area (Å²) in [6.45, 7) is 1.88. The van der Waals surface area contributed by atoms with Crippen molar-refractivity contribution < 1.29 is 9.53 Å². The van der Waals surface area contributed by atoms with Gasteiger partial charge in [-0.1, -0.05) is 6.92 Å². The van der Waals surface area contributed by atoms with Gasteiger partial charge in [0.1, 0.15) is 11.4 Å². The van der Waals surface area contributed by atoms with E-state index in [0.29, 0.717) is 5.75 Å². The van der Waals surface area contributed by atoms with E-state index in [1.54, 1.807) is 18.1 Å². The summed E-state index contributed by atoms with van der Waals surface area (Å²) in [6.07, 6.45) is 4.90. The summed E-state index contributed by atoms with van der Waals surface area (Å²) in [5, 5.41) is 1.03. The van der Waals surface area contributed by atoms with Gasteiger partial charge in [-0.15, -0.1) is 11.8 Å². The Morgan fingerprint density at radius 2 is 2.35 bits per heavy atom. The van der Waals surface area contributed by atoms with Crippen molar-refractivity contribution in [3.8, 4) is 0 Å². The summed E-state index contributed by atoms with van der Waals surface area (Å²) in [7, 11) is 1.42. The van der Waals surface area contributed by atoms with Crippen molar-refractivity contribution in [2.24, 2.45) is 5.92 Å². The Kier molecular flexibility index (Phi) is 3.99. The number of ether oxygens (including phenoxy) is 1. The lowest BCUT2D eigenvalue weighted by Crippen LogP contribution is -2.15. The molecule has 0 radical (unpaired) electrons. The molecule has 4 nitrogen and oxygen atoms in total. The molecule has 0 aromatic carbocycles. The van der Waals surface area contributed by atoms with Crippen LogP contribution in [0.3, 0.4) is 0 Å². The second-order valence-electron chi connectivity index (χ2n) is 4.19. The predicted octanol–water partition coefficient (Wildman–Crippen LogP) is 1.87. The maximum Gasteiger partial charge on any atom is 0.309 e. The molecule has 17 heavy (non-hydrogen) atoms. The Bertz CT molecular complexity index is 423. The molecule has 0 amide bonds. The van der Waals surface area contributed by atoms with Gasteiger partial charge in [-0.3, -0.25) is 4.79 Å². The van der Waals surface area contributed by atoms with E-state index in [2.05, 4.69) is 9.97 Å². The van der Waals surface area contributed by atoms with Gasteiger partial charge < -0.3 is 4.74 Å². The maximum atomic E-state index is 11.3. The van der Waals surface area contributed by atoms with Gasteiger partial charge in [0, 0.05) is 17.0 Å². The molecule has 0 fully saturated rings. The Morgan fingerprint density at radius 1 is 1.53 bits per heavy atom. The number of fused-ring (bicyclic) bond motifs is 1. The first kappa shape index (κ1) is 12.4. The number of aromatic nitrogens is 2. The molecule has 1 aliphatic carbocycles. The van der Waals surface area contributed by atoms with Crippen LogP contribution in [-0.2, 0) is 22.4 Å². The van der Waals surface area contributed by atoms with E-state index >= 15 is 0 Å². The molecule has 1 aliphatic rings. The van der Waals surface area contributed by atoms with E-state index in [9.17, 15) is 4.79 Å². The zero-order valence-corrected chi connectivity index (χ0v) is 10.9. The van der Waals surface area contributed by atoms with Crippen LogP contribution >= 0.6 is 11.8 Å². The van der Waals surface area contributed by atoms with Gasteiger partial charge >= 0.3 is 5.97 Å².